The van der Waals surface area contributed by atoms with Gasteiger partial charge < -0.3 is 5.32 Å². The molecule has 2 aliphatic rings. The molecule has 0 aromatic carbocycles. The first-order valence-electron chi connectivity index (χ1n) is 6.18. The first kappa shape index (κ1) is 13.3. The predicted molar refractivity (Wildman–Crippen MR) is 67.8 cm³/mol. The van der Waals surface area contributed by atoms with Gasteiger partial charge in [0.25, 0.3) is 10.2 Å². The summed E-state index contributed by atoms with van der Waals surface area (Å²) >= 11 is 0. The summed E-state index contributed by atoms with van der Waals surface area (Å²) in [6.07, 6.45) is 0. The fourth-order valence-electron chi connectivity index (χ4n) is 2.60. The van der Waals surface area contributed by atoms with Gasteiger partial charge in [-0.3, -0.25) is 0 Å². The van der Waals surface area contributed by atoms with Gasteiger partial charge in [-0.05, 0) is 10.8 Å². The van der Waals surface area contributed by atoms with Crippen LogP contribution in [-0.4, -0.2) is 44.9 Å². The lowest BCUT2D eigenvalue weighted by molar-refractivity contribution is 0.352. The number of nitrogens with one attached hydrogen (secondary N) is 2. The summed E-state index contributed by atoms with van der Waals surface area (Å²) in [5.41, 5.74) is 0.0716. The van der Waals surface area contributed by atoms with E-state index in [2.05, 4.69) is 37.7 Å². The van der Waals surface area contributed by atoms with Crippen molar-refractivity contribution in [3.8, 4) is 0 Å². The van der Waals surface area contributed by atoms with Gasteiger partial charge in [0.05, 0.1) is 0 Å². The molecular weight excluding hydrogens is 238 g/mol. The fourth-order valence-corrected chi connectivity index (χ4v) is 4.30. The quantitative estimate of drug-likeness (QED) is 0.761. The maximum Gasteiger partial charge on any atom is 0.279 e. The van der Waals surface area contributed by atoms with Crippen LogP contribution in [0.4, 0.5) is 0 Å². The minimum atomic E-state index is -3.32. The third kappa shape index (κ3) is 2.12. The second-order valence-corrected chi connectivity index (χ2v) is 7.85. The summed E-state index contributed by atoms with van der Waals surface area (Å²) in [4.78, 5) is 0. The zero-order valence-corrected chi connectivity index (χ0v) is 11.9. The minimum Gasteiger partial charge on any atom is -0.314 e. The van der Waals surface area contributed by atoms with Gasteiger partial charge >= 0.3 is 0 Å². The summed E-state index contributed by atoms with van der Waals surface area (Å²) in [5, 5.41) is 3.15. The molecule has 1 aliphatic heterocycles. The molecule has 0 spiro atoms. The van der Waals surface area contributed by atoms with Crippen LogP contribution in [-0.2, 0) is 10.2 Å². The van der Waals surface area contributed by atoms with Gasteiger partial charge in [-0.15, -0.1) is 0 Å². The topological polar surface area (TPSA) is 61.4 Å². The van der Waals surface area contributed by atoms with Gasteiger partial charge in [0.1, 0.15) is 0 Å². The van der Waals surface area contributed by atoms with Crippen LogP contribution in [0.25, 0.3) is 0 Å². The summed E-state index contributed by atoms with van der Waals surface area (Å²) in [7, 11) is -3.32. The van der Waals surface area contributed by atoms with Crippen LogP contribution in [0.1, 0.15) is 27.7 Å². The Kier molecular flexibility index (Phi) is 3.05. The van der Waals surface area contributed by atoms with Crippen molar-refractivity contribution in [2.24, 2.45) is 10.8 Å². The molecule has 1 saturated heterocycles. The number of hydrogen-bond donors (Lipinski definition) is 2. The average molecular weight is 261 g/mol. The Balaban J connectivity index is 2.04. The highest BCUT2D eigenvalue weighted by Gasteiger charge is 2.66. The van der Waals surface area contributed by atoms with Gasteiger partial charge in [0.2, 0.25) is 0 Å². The number of hydrogen-bond acceptors (Lipinski definition) is 3. The van der Waals surface area contributed by atoms with Crippen molar-refractivity contribution in [1.29, 1.82) is 0 Å². The zero-order valence-electron chi connectivity index (χ0n) is 11.1. The molecule has 0 amide bonds. The number of piperazine rings is 1. The van der Waals surface area contributed by atoms with E-state index < -0.39 is 10.2 Å². The smallest absolute Gasteiger partial charge is 0.279 e. The Morgan fingerprint density at radius 1 is 1.12 bits per heavy atom. The Morgan fingerprint density at radius 2 is 1.59 bits per heavy atom. The molecule has 0 aromatic heterocycles. The van der Waals surface area contributed by atoms with E-state index in [0.29, 0.717) is 13.1 Å². The molecule has 2 rings (SSSR count). The third-order valence-electron chi connectivity index (χ3n) is 4.70. The Bertz CT molecular complexity index is 383. The maximum absolute atomic E-state index is 12.2. The van der Waals surface area contributed by atoms with E-state index in [-0.39, 0.29) is 16.9 Å². The SMILES string of the molecule is CC1(C)C(NS(=O)(=O)N2CCNCC2)C1(C)C. The van der Waals surface area contributed by atoms with Gasteiger partial charge in [-0.1, -0.05) is 27.7 Å². The highest BCUT2D eigenvalue weighted by molar-refractivity contribution is 7.87. The third-order valence-corrected chi connectivity index (χ3v) is 6.28. The van der Waals surface area contributed by atoms with Gasteiger partial charge in [-0.25, -0.2) is 0 Å². The predicted octanol–water partition coefficient (Wildman–Crippen LogP) is 0.161. The lowest BCUT2D eigenvalue weighted by Gasteiger charge is -2.27. The fraction of sp³-hybridized carbons (Fsp3) is 1.00. The van der Waals surface area contributed by atoms with Crippen LogP contribution in [0.5, 0.6) is 0 Å². The summed E-state index contributed by atoms with van der Waals surface area (Å²) in [5.74, 6) is 0. The van der Waals surface area contributed by atoms with Crippen LogP contribution in [0.3, 0.4) is 0 Å². The maximum atomic E-state index is 12.2. The average Bonchev–Trinajstić information content (AvgIpc) is 2.62. The van der Waals surface area contributed by atoms with Crippen molar-refractivity contribution in [1.82, 2.24) is 14.3 Å². The largest absolute Gasteiger partial charge is 0.314 e. The molecule has 6 heteroatoms. The standard InChI is InChI=1S/C11H23N3O2S/c1-10(2)9(11(10,3)4)13-17(15,16)14-7-5-12-6-8-14/h9,12-13H,5-8H2,1-4H3. The molecule has 1 heterocycles. The molecule has 0 aromatic rings. The molecule has 2 N–H and O–H groups in total. The second-order valence-electron chi connectivity index (χ2n) is 6.15. The van der Waals surface area contributed by atoms with Crippen LogP contribution in [0, 0.1) is 10.8 Å². The minimum absolute atomic E-state index is 0.0358. The Labute approximate surface area is 104 Å². The van der Waals surface area contributed by atoms with E-state index in [0.717, 1.165) is 13.1 Å². The van der Waals surface area contributed by atoms with Crippen LogP contribution in [0.15, 0.2) is 0 Å². The normalized spacial score (nSPS) is 29.2. The summed E-state index contributed by atoms with van der Waals surface area (Å²) in [6.45, 7) is 11.0. The monoisotopic (exact) mass is 261 g/mol. The van der Waals surface area contributed by atoms with Crippen LogP contribution in [0.2, 0.25) is 0 Å². The van der Waals surface area contributed by atoms with Gasteiger partial charge in [-0.2, -0.15) is 17.4 Å². The molecule has 5 nitrogen and oxygen atoms in total. The molecule has 2 fully saturated rings. The molecule has 0 unspecified atom stereocenters. The van der Waals surface area contributed by atoms with E-state index in [4.69, 9.17) is 0 Å². The van der Waals surface area contributed by atoms with Gasteiger partial charge in [0.15, 0.2) is 0 Å². The summed E-state index contributed by atoms with van der Waals surface area (Å²) < 4.78 is 28.8. The highest BCUT2D eigenvalue weighted by atomic mass is 32.2. The van der Waals surface area contributed by atoms with Crippen LogP contribution >= 0.6 is 0 Å². The van der Waals surface area contributed by atoms with E-state index in [1.165, 1.54) is 4.31 Å². The highest BCUT2D eigenvalue weighted by Crippen LogP contribution is 2.62. The Hall–Kier alpha value is -0.170. The second kappa shape index (κ2) is 3.91. The van der Waals surface area contributed by atoms with Crippen LogP contribution < -0.4 is 10.0 Å². The molecule has 0 radical (unpaired) electrons. The van der Waals surface area contributed by atoms with Crippen molar-refractivity contribution < 1.29 is 8.42 Å². The number of rotatable bonds is 3. The van der Waals surface area contributed by atoms with Crippen molar-refractivity contribution in [2.75, 3.05) is 26.2 Å². The molecule has 100 valence electrons. The summed E-state index contributed by atoms with van der Waals surface area (Å²) in [6, 6.07) is 0.0369. The molecule has 1 saturated carbocycles. The Morgan fingerprint density at radius 3 is 2.00 bits per heavy atom. The first-order valence-corrected chi connectivity index (χ1v) is 7.62. The lowest BCUT2D eigenvalue weighted by atomic mass is 10.0. The molecule has 0 atom stereocenters. The van der Waals surface area contributed by atoms with E-state index in [9.17, 15) is 8.42 Å². The lowest BCUT2D eigenvalue weighted by Crippen LogP contribution is -2.51. The van der Waals surface area contributed by atoms with Crippen molar-refractivity contribution in [3.05, 3.63) is 0 Å². The molecule has 1 aliphatic carbocycles. The molecule has 0 bridgehead atoms. The van der Waals surface area contributed by atoms with Crippen molar-refractivity contribution >= 4 is 10.2 Å². The molecular formula is C11H23N3O2S. The van der Waals surface area contributed by atoms with Crippen molar-refractivity contribution in [2.45, 2.75) is 33.7 Å². The van der Waals surface area contributed by atoms with Gasteiger partial charge in [0, 0.05) is 32.2 Å². The molecule has 17 heavy (non-hydrogen) atoms. The van der Waals surface area contributed by atoms with E-state index in [1.54, 1.807) is 0 Å². The first-order chi connectivity index (χ1) is 7.69. The van der Waals surface area contributed by atoms with E-state index >= 15 is 0 Å². The number of nitrogens with zero attached hydrogens (tertiary/aromatic N) is 1. The van der Waals surface area contributed by atoms with Crippen molar-refractivity contribution in [3.63, 3.8) is 0 Å². The zero-order chi connectivity index (χ0) is 12.9. The van der Waals surface area contributed by atoms with E-state index in [1.807, 2.05) is 0 Å².